The number of nitrogens with one attached hydrogen (secondary N) is 1. The van der Waals surface area contributed by atoms with Crippen LogP contribution in [0.2, 0.25) is 10.0 Å². The highest BCUT2D eigenvalue weighted by Crippen LogP contribution is 2.28. The number of rotatable bonds is 12. The Labute approximate surface area is 264 Å². The summed E-state index contributed by atoms with van der Waals surface area (Å²) in [7, 11) is -2.64. The van der Waals surface area contributed by atoms with Crippen LogP contribution in [0.4, 0.5) is 5.69 Å². The average Bonchev–Trinajstić information content (AvgIpc) is 3.02. The van der Waals surface area contributed by atoms with Crippen molar-refractivity contribution in [2.75, 3.05) is 18.0 Å². The quantitative estimate of drug-likeness (QED) is 0.244. The molecular weight excluding hydrogens is 609 g/mol. The Balaban J connectivity index is 1.71. The highest BCUT2D eigenvalue weighted by atomic mass is 35.5. The number of hydrogen-bond acceptors (Lipinski definition) is 5. The van der Waals surface area contributed by atoms with E-state index in [1.807, 2.05) is 6.92 Å². The molecule has 0 saturated heterocycles. The lowest BCUT2D eigenvalue weighted by atomic mass is 9.95. The third kappa shape index (κ3) is 8.22. The highest BCUT2D eigenvalue weighted by molar-refractivity contribution is 7.92. The fraction of sp³-hybridized carbons (Fsp3) is 0.375. The van der Waals surface area contributed by atoms with Crippen LogP contribution in [0.15, 0.2) is 77.7 Å². The lowest BCUT2D eigenvalue weighted by molar-refractivity contribution is -0.140. The lowest BCUT2D eigenvalue weighted by Gasteiger charge is -2.34. The maximum absolute atomic E-state index is 14.2. The van der Waals surface area contributed by atoms with Crippen molar-refractivity contribution in [3.8, 4) is 5.75 Å². The van der Waals surface area contributed by atoms with Gasteiger partial charge in [-0.1, -0.05) is 73.7 Å². The molecule has 3 aromatic rings. The molecule has 230 valence electrons. The zero-order valence-electron chi connectivity index (χ0n) is 24.3. The number of ether oxygens (including phenoxy) is 1. The van der Waals surface area contributed by atoms with Gasteiger partial charge in [-0.15, -0.1) is 0 Å². The second-order valence-electron chi connectivity index (χ2n) is 10.6. The molecule has 0 heterocycles. The number of sulfonamides is 1. The van der Waals surface area contributed by atoms with Crippen molar-refractivity contribution in [1.82, 2.24) is 10.2 Å². The van der Waals surface area contributed by atoms with E-state index >= 15 is 0 Å². The Kier molecular flexibility index (Phi) is 11.3. The van der Waals surface area contributed by atoms with E-state index in [2.05, 4.69) is 5.32 Å². The monoisotopic (exact) mass is 645 g/mol. The Morgan fingerprint density at radius 3 is 2.23 bits per heavy atom. The Bertz CT molecular complexity index is 1500. The number of benzene rings is 3. The molecule has 4 rings (SSSR count). The largest absolute Gasteiger partial charge is 0.497 e. The van der Waals surface area contributed by atoms with E-state index < -0.39 is 28.5 Å². The summed E-state index contributed by atoms with van der Waals surface area (Å²) in [5.41, 5.74) is 0.945. The molecule has 0 aliphatic heterocycles. The number of carbonyl (C=O) groups excluding carboxylic acids is 2. The van der Waals surface area contributed by atoms with Crippen LogP contribution in [0.5, 0.6) is 5.75 Å². The first-order valence-electron chi connectivity index (χ1n) is 14.4. The van der Waals surface area contributed by atoms with Crippen molar-refractivity contribution in [2.45, 2.75) is 69.0 Å². The van der Waals surface area contributed by atoms with Gasteiger partial charge in [-0.05, 0) is 73.4 Å². The van der Waals surface area contributed by atoms with Gasteiger partial charge in [0.2, 0.25) is 11.8 Å². The van der Waals surface area contributed by atoms with Gasteiger partial charge in [-0.3, -0.25) is 13.9 Å². The van der Waals surface area contributed by atoms with Crippen molar-refractivity contribution >= 4 is 50.7 Å². The lowest BCUT2D eigenvalue weighted by Crippen LogP contribution is -2.54. The molecule has 1 aliphatic carbocycles. The number of hydrogen-bond donors (Lipinski definition) is 1. The van der Waals surface area contributed by atoms with E-state index in [1.165, 1.54) is 24.1 Å². The van der Waals surface area contributed by atoms with Gasteiger partial charge in [-0.25, -0.2) is 8.42 Å². The van der Waals surface area contributed by atoms with Crippen LogP contribution >= 0.6 is 23.2 Å². The fourth-order valence-electron chi connectivity index (χ4n) is 5.30. The smallest absolute Gasteiger partial charge is 0.264 e. The number of anilines is 1. The van der Waals surface area contributed by atoms with E-state index in [9.17, 15) is 18.0 Å². The van der Waals surface area contributed by atoms with Gasteiger partial charge in [0, 0.05) is 12.6 Å². The molecule has 43 heavy (non-hydrogen) atoms. The maximum Gasteiger partial charge on any atom is 0.264 e. The highest BCUT2D eigenvalue weighted by Gasteiger charge is 2.34. The van der Waals surface area contributed by atoms with Gasteiger partial charge in [-0.2, -0.15) is 0 Å². The molecule has 11 heteroatoms. The van der Waals surface area contributed by atoms with Crippen molar-refractivity contribution in [2.24, 2.45) is 0 Å². The molecule has 8 nitrogen and oxygen atoms in total. The van der Waals surface area contributed by atoms with Crippen LogP contribution in [0.25, 0.3) is 0 Å². The summed E-state index contributed by atoms with van der Waals surface area (Å²) in [6.07, 6.45) is 5.35. The summed E-state index contributed by atoms with van der Waals surface area (Å²) in [6, 6.07) is 18.6. The molecule has 1 fully saturated rings. The summed E-state index contributed by atoms with van der Waals surface area (Å²) in [5, 5.41) is 3.82. The Hall–Kier alpha value is -3.27. The maximum atomic E-state index is 14.2. The average molecular weight is 647 g/mol. The van der Waals surface area contributed by atoms with Crippen molar-refractivity contribution in [1.29, 1.82) is 0 Å². The standard InChI is InChI=1S/C32H37Cl2N3O5S/c1-3-30(32(39)35-24-10-6-4-7-11-24)36(21-23-14-19-28(33)29(34)20-23)31(38)22-37(25-15-17-26(42-2)18-16-25)43(40,41)27-12-8-5-9-13-27/h5,8-9,12-20,24,30H,3-4,6-7,10-11,21-22H2,1-2H3,(H,35,39)/t30-/m1/s1. The summed E-state index contributed by atoms with van der Waals surface area (Å²) < 4.78 is 34.2. The Morgan fingerprint density at radius 1 is 0.953 bits per heavy atom. The van der Waals surface area contributed by atoms with Crippen molar-refractivity contribution < 1.29 is 22.7 Å². The van der Waals surface area contributed by atoms with E-state index in [1.54, 1.807) is 60.7 Å². The van der Waals surface area contributed by atoms with Crippen LogP contribution in [-0.4, -0.2) is 50.9 Å². The minimum Gasteiger partial charge on any atom is -0.497 e. The van der Waals surface area contributed by atoms with Gasteiger partial charge < -0.3 is 15.0 Å². The minimum absolute atomic E-state index is 0.0359. The van der Waals surface area contributed by atoms with Crippen LogP contribution in [0.1, 0.15) is 51.0 Å². The SMILES string of the molecule is CC[C@H](C(=O)NC1CCCCC1)N(Cc1ccc(Cl)c(Cl)c1)C(=O)CN(c1ccc(OC)cc1)S(=O)(=O)c1ccccc1. The third-order valence-corrected chi connectivity index (χ3v) is 10.2. The number of halogens is 2. The molecule has 0 radical (unpaired) electrons. The molecule has 0 bridgehead atoms. The van der Waals surface area contributed by atoms with Gasteiger partial charge in [0.05, 0.1) is 27.7 Å². The molecule has 0 unspecified atom stereocenters. The normalized spacial score (nSPS) is 14.5. The molecule has 1 saturated carbocycles. The van der Waals surface area contributed by atoms with Crippen LogP contribution in [-0.2, 0) is 26.2 Å². The van der Waals surface area contributed by atoms with E-state index in [-0.39, 0.29) is 29.1 Å². The number of methoxy groups -OCH3 is 1. The molecule has 1 N–H and O–H groups in total. The predicted octanol–water partition coefficient (Wildman–Crippen LogP) is 6.45. The summed E-state index contributed by atoms with van der Waals surface area (Å²) in [6.45, 7) is 1.34. The van der Waals surface area contributed by atoms with Crippen molar-refractivity contribution in [3.05, 3.63) is 88.4 Å². The van der Waals surface area contributed by atoms with Crippen molar-refractivity contribution in [3.63, 3.8) is 0 Å². The summed E-state index contributed by atoms with van der Waals surface area (Å²) in [4.78, 5) is 29.4. The molecule has 1 aliphatic rings. The van der Waals surface area contributed by atoms with Gasteiger partial charge in [0.25, 0.3) is 10.0 Å². The molecule has 3 aromatic carbocycles. The molecular formula is C32H37Cl2N3O5S. The molecule has 0 spiro atoms. The Morgan fingerprint density at radius 2 is 1.63 bits per heavy atom. The van der Waals surface area contributed by atoms with Crippen LogP contribution in [0, 0.1) is 0 Å². The van der Waals surface area contributed by atoms with Gasteiger partial charge >= 0.3 is 0 Å². The second kappa shape index (κ2) is 14.9. The first-order valence-corrected chi connectivity index (χ1v) is 16.6. The fourth-order valence-corrected chi connectivity index (χ4v) is 7.05. The van der Waals surface area contributed by atoms with Gasteiger partial charge in [0.1, 0.15) is 18.3 Å². The number of carbonyl (C=O) groups is 2. The second-order valence-corrected chi connectivity index (χ2v) is 13.2. The van der Waals surface area contributed by atoms with E-state index in [0.29, 0.717) is 27.8 Å². The first-order chi connectivity index (χ1) is 20.6. The third-order valence-electron chi connectivity index (χ3n) is 7.64. The minimum atomic E-state index is -4.16. The molecule has 2 amide bonds. The van der Waals surface area contributed by atoms with E-state index in [0.717, 1.165) is 36.4 Å². The van der Waals surface area contributed by atoms with Crippen LogP contribution < -0.4 is 14.4 Å². The van der Waals surface area contributed by atoms with Gasteiger partial charge in [0.15, 0.2) is 0 Å². The van der Waals surface area contributed by atoms with E-state index in [4.69, 9.17) is 27.9 Å². The van der Waals surface area contributed by atoms with Crippen LogP contribution in [0.3, 0.4) is 0 Å². The summed E-state index contributed by atoms with van der Waals surface area (Å²) in [5.74, 6) is -0.254. The topological polar surface area (TPSA) is 96.0 Å². The zero-order valence-corrected chi connectivity index (χ0v) is 26.7. The summed E-state index contributed by atoms with van der Waals surface area (Å²) >= 11 is 12.4. The number of amides is 2. The molecule has 0 aromatic heterocycles. The molecule has 1 atom stereocenters. The zero-order chi connectivity index (χ0) is 31.0. The first kappa shape index (κ1) is 32.6. The predicted molar refractivity (Wildman–Crippen MR) is 170 cm³/mol. The number of nitrogens with zero attached hydrogens (tertiary/aromatic N) is 2.